The third kappa shape index (κ3) is 3.95. The van der Waals surface area contributed by atoms with Gasteiger partial charge in [0.05, 0.1) is 18.2 Å². The summed E-state index contributed by atoms with van der Waals surface area (Å²) in [4.78, 5) is 8.59. The van der Waals surface area contributed by atoms with Crippen molar-refractivity contribution < 1.29 is 22.7 Å². The number of aromatic nitrogens is 2. The lowest BCUT2D eigenvalue weighted by Crippen LogP contribution is -2.50. The molecular weight excluding hydrogens is 424 g/mol. The Morgan fingerprint density at radius 2 is 2.03 bits per heavy atom. The number of anilines is 1. The number of fused-ring (bicyclic) bond motifs is 3. The molecule has 32 heavy (non-hydrogen) atoms. The van der Waals surface area contributed by atoms with Crippen LogP contribution in [0.3, 0.4) is 0 Å². The predicted octanol–water partition coefficient (Wildman–Crippen LogP) is 4.47. The second-order valence-corrected chi connectivity index (χ2v) is 8.63. The van der Waals surface area contributed by atoms with Gasteiger partial charge in [0.2, 0.25) is 5.95 Å². The van der Waals surface area contributed by atoms with Crippen molar-refractivity contribution in [2.45, 2.75) is 44.9 Å². The van der Waals surface area contributed by atoms with Gasteiger partial charge in [-0.05, 0) is 51.0 Å². The minimum atomic E-state index is -1.99. The van der Waals surface area contributed by atoms with Gasteiger partial charge in [0.15, 0.2) is 0 Å². The average molecular weight is 450 g/mol. The van der Waals surface area contributed by atoms with Gasteiger partial charge in [-0.3, -0.25) is 4.90 Å². The molecule has 3 unspecified atom stereocenters. The molecular formula is C23H26F4N4O. The van der Waals surface area contributed by atoms with E-state index < -0.39 is 35.9 Å². The van der Waals surface area contributed by atoms with Gasteiger partial charge >= 0.3 is 0 Å². The molecule has 5 nitrogen and oxygen atoms in total. The average Bonchev–Trinajstić information content (AvgIpc) is 3.06. The molecule has 3 atom stereocenters. The van der Waals surface area contributed by atoms with Crippen LogP contribution >= 0.6 is 0 Å². The number of pyridine rings is 1. The van der Waals surface area contributed by atoms with Crippen LogP contribution in [0.5, 0.6) is 0 Å². The number of H-pyrrole nitrogens is 1. The summed E-state index contributed by atoms with van der Waals surface area (Å²) in [5.41, 5.74) is -0.551. The van der Waals surface area contributed by atoms with Crippen LogP contribution in [0.15, 0.2) is 24.3 Å². The van der Waals surface area contributed by atoms with E-state index in [1.165, 1.54) is 19.1 Å². The van der Waals surface area contributed by atoms with Crippen LogP contribution in [0, 0.1) is 17.6 Å². The van der Waals surface area contributed by atoms with E-state index in [-0.39, 0.29) is 24.0 Å². The van der Waals surface area contributed by atoms with Crippen LogP contribution in [0.25, 0.3) is 10.9 Å². The first-order chi connectivity index (χ1) is 15.1. The van der Waals surface area contributed by atoms with E-state index in [2.05, 4.69) is 15.3 Å². The Kier molecular flexibility index (Phi) is 5.89. The van der Waals surface area contributed by atoms with Gasteiger partial charge in [0.25, 0.3) is 0 Å². The monoisotopic (exact) mass is 450 g/mol. The molecule has 4 rings (SSSR count). The van der Waals surface area contributed by atoms with Crippen LogP contribution in [-0.2, 0) is 6.42 Å². The van der Waals surface area contributed by atoms with E-state index in [0.29, 0.717) is 24.2 Å². The van der Waals surface area contributed by atoms with Crippen molar-refractivity contribution in [3.63, 3.8) is 0 Å². The van der Waals surface area contributed by atoms with E-state index >= 15 is 8.78 Å². The number of hydrogen-bond donors (Lipinski definition) is 3. The molecule has 0 amide bonds. The number of aromatic amines is 1. The number of nitrogens with zero attached hydrogens (tertiary/aromatic N) is 2. The first kappa shape index (κ1) is 22.5. The summed E-state index contributed by atoms with van der Waals surface area (Å²) < 4.78 is 59.2. The molecule has 0 saturated heterocycles. The van der Waals surface area contributed by atoms with Gasteiger partial charge in [-0.2, -0.15) is 4.39 Å². The maximum absolute atomic E-state index is 15.3. The highest BCUT2D eigenvalue weighted by Gasteiger charge is 2.42. The van der Waals surface area contributed by atoms with E-state index in [0.717, 1.165) is 17.0 Å². The van der Waals surface area contributed by atoms with Crippen LogP contribution in [0.4, 0.5) is 23.4 Å². The lowest BCUT2D eigenvalue weighted by Gasteiger charge is -2.43. The second kappa shape index (κ2) is 8.37. The summed E-state index contributed by atoms with van der Waals surface area (Å²) in [7, 11) is 0. The summed E-state index contributed by atoms with van der Waals surface area (Å²) in [6.45, 7) is 4.30. The number of halogens is 4. The quantitative estimate of drug-likeness (QED) is 0.383. The van der Waals surface area contributed by atoms with Crippen molar-refractivity contribution in [1.82, 2.24) is 14.9 Å². The molecule has 3 N–H and O–H groups in total. The molecule has 3 aromatic rings. The molecule has 0 saturated carbocycles. The van der Waals surface area contributed by atoms with Gasteiger partial charge < -0.3 is 15.4 Å². The summed E-state index contributed by atoms with van der Waals surface area (Å²) in [5.74, 6) is -2.21. The highest BCUT2D eigenvalue weighted by atomic mass is 19.1. The van der Waals surface area contributed by atoms with Gasteiger partial charge in [-0.1, -0.05) is 0 Å². The van der Waals surface area contributed by atoms with Crippen molar-refractivity contribution in [2.75, 3.05) is 25.0 Å². The summed E-state index contributed by atoms with van der Waals surface area (Å²) in [5, 5.41) is 13.0. The molecule has 0 bridgehead atoms. The summed E-state index contributed by atoms with van der Waals surface area (Å²) in [6, 6.07) is 4.06. The molecule has 0 spiro atoms. The smallest absolute Gasteiger partial charge is 0.222 e. The van der Waals surface area contributed by atoms with Crippen LogP contribution in [0.1, 0.15) is 43.6 Å². The number of benzene rings is 1. The van der Waals surface area contributed by atoms with Crippen LogP contribution < -0.4 is 5.32 Å². The van der Waals surface area contributed by atoms with Crippen molar-refractivity contribution >= 4 is 16.7 Å². The van der Waals surface area contributed by atoms with E-state index in [4.69, 9.17) is 0 Å². The van der Waals surface area contributed by atoms with Gasteiger partial charge in [-0.25, -0.2) is 18.2 Å². The number of alkyl halides is 1. The molecule has 0 aliphatic carbocycles. The zero-order valence-corrected chi connectivity index (χ0v) is 18.1. The maximum Gasteiger partial charge on any atom is 0.222 e. The van der Waals surface area contributed by atoms with Crippen molar-refractivity contribution in [1.29, 1.82) is 0 Å². The minimum Gasteiger partial charge on any atom is -0.393 e. The topological polar surface area (TPSA) is 64.2 Å². The molecule has 1 aliphatic heterocycles. The fraction of sp³-hybridized carbons (Fsp3) is 0.435. The molecule has 1 aliphatic rings. The molecule has 0 radical (unpaired) electrons. The van der Waals surface area contributed by atoms with Crippen molar-refractivity contribution in [3.05, 3.63) is 58.7 Å². The van der Waals surface area contributed by atoms with Gasteiger partial charge in [-0.15, -0.1) is 0 Å². The molecule has 1 aromatic carbocycles. The fourth-order valence-corrected chi connectivity index (χ4v) is 4.53. The first-order valence-corrected chi connectivity index (χ1v) is 10.6. The predicted molar refractivity (Wildman–Crippen MR) is 115 cm³/mol. The largest absolute Gasteiger partial charge is 0.393 e. The lowest BCUT2D eigenvalue weighted by molar-refractivity contribution is 0.0161. The van der Waals surface area contributed by atoms with Gasteiger partial charge in [0, 0.05) is 41.8 Å². The van der Waals surface area contributed by atoms with Crippen molar-refractivity contribution in [3.8, 4) is 0 Å². The zero-order chi connectivity index (χ0) is 23.2. The third-order valence-electron chi connectivity index (χ3n) is 6.01. The van der Waals surface area contributed by atoms with E-state index in [9.17, 15) is 13.9 Å². The number of aliphatic hydroxyl groups is 1. The maximum atomic E-state index is 15.3. The Balaban J connectivity index is 1.94. The van der Waals surface area contributed by atoms with E-state index in [1.54, 1.807) is 17.9 Å². The third-order valence-corrected chi connectivity index (χ3v) is 6.01. The SMILES string of the molecule is CCNc1cc(F)c(C2c3[nH]c4cc(F)ccc4c3CC(C)N2CC(C)(F)CO)c(F)n1. The number of nitrogens with one attached hydrogen (secondary N) is 2. The lowest BCUT2D eigenvalue weighted by atomic mass is 9.87. The van der Waals surface area contributed by atoms with Crippen LogP contribution in [-0.4, -0.2) is 51.4 Å². The van der Waals surface area contributed by atoms with Gasteiger partial charge in [0.1, 0.15) is 23.1 Å². The summed E-state index contributed by atoms with van der Waals surface area (Å²) in [6.07, 6.45) is 0.463. The van der Waals surface area contributed by atoms with Crippen LogP contribution in [0.2, 0.25) is 0 Å². The minimum absolute atomic E-state index is 0.0614. The Morgan fingerprint density at radius 3 is 2.69 bits per heavy atom. The molecule has 3 heterocycles. The Labute approximate surface area is 183 Å². The highest BCUT2D eigenvalue weighted by molar-refractivity contribution is 5.85. The zero-order valence-electron chi connectivity index (χ0n) is 18.1. The Hall–Kier alpha value is -2.65. The molecule has 9 heteroatoms. The number of rotatable bonds is 6. The number of hydrogen-bond acceptors (Lipinski definition) is 4. The highest BCUT2D eigenvalue weighted by Crippen LogP contribution is 2.43. The second-order valence-electron chi connectivity index (χ2n) is 8.63. The Bertz CT molecular complexity index is 1120. The Morgan fingerprint density at radius 1 is 1.28 bits per heavy atom. The van der Waals surface area contributed by atoms with E-state index in [1.807, 2.05) is 6.92 Å². The molecule has 2 aromatic heterocycles. The fourth-order valence-electron chi connectivity index (χ4n) is 4.53. The molecule has 172 valence electrons. The molecule has 0 fully saturated rings. The summed E-state index contributed by atoms with van der Waals surface area (Å²) >= 11 is 0. The number of aliphatic hydroxyl groups excluding tert-OH is 1. The standard InChI is InChI=1S/C23H26F4N4O/c1-4-28-18-9-16(25)19(22(26)30-18)21-20-15(14-6-5-13(24)8-17(14)29-20)7-12(2)31(21)10-23(3,27)11-32/h5-6,8-9,12,21,29,32H,4,7,10-11H2,1-3H3,(H,28,30). The van der Waals surface area contributed by atoms with Crippen molar-refractivity contribution in [2.24, 2.45) is 0 Å². The first-order valence-electron chi connectivity index (χ1n) is 10.6. The normalized spacial score (nSPS) is 20.9.